The van der Waals surface area contributed by atoms with Crippen LogP contribution in [0.3, 0.4) is 0 Å². The van der Waals surface area contributed by atoms with Crippen LogP contribution >= 0.6 is 0 Å². The number of aromatic nitrogens is 2. The first-order chi connectivity index (χ1) is 18.0. The fraction of sp³-hybridized carbons (Fsp3) is 0.480. The summed E-state index contributed by atoms with van der Waals surface area (Å²) < 4.78 is 42.1. The number of anilines is 2. The third-order valence-electron chi connectivity index (χ3n) is 6.53. The Morgan fingerprint density at radius 3 is 2.39 bits per heavy atom. The summed E-state index contributed by atoms with van der Waals surface area (Å²) in [5.41, 5.74) is 0.456. The quantitative estimate of drug-likeness (QED) is 0.534. The van der Waals surface area contributed by atoms with E-state index in [2.05, 4.69) is 5.32 Å². The van der Waals surface area contributed by atoms with Gasteiger partial charge in [-0.2, -0.15) is 13.2 Å². The summed E-state index contributed by atoms with van der Waals surface area (Å²) >= 11 is 0. The molecule has 10 nitrogen and oxygen atoms in total. The van der Waals surface area contributed by atoms with Gasteiger partial charge >= 0.3 is 17.8 Å². The topological polar surface area (TPSA) is 92.0 Å². The standard InChI is InChI=1S/C25H31F3N6O4/c1-17(2)9-13-32-19-20(30(3)24(37)33(21(19)35)14-10-18-7-5-4-6-8-18)34(38-22(36)25(26,27)28)23(32)31-15-11-29-12-16-31/h4-9,23,29H,10-16H2,1-3H3. The number of alkyl halides is 3. The van der Waals surface area contributed by atoms with E-state index in [4.69, 9.17) is 4.84 Å². The second-order valence-corrected chi connectivity index (χ2v) is 9.47. The van der Waals surface area contributed by atoms with Crippen molar-refractivity contribution in [3.05, 3.63) is 68.4 Å². The molecule has 1 aromatic heterocycles. The zero-order chi connectivity index (χ0) is 27.6. The van der Waals surface area contributed by atoms with Crippen LogP contribution < -0.4 is 26.5 Å². The average molecular weight is 537 g/mol. The van der Waals surface area contributed by atoms with Gasteiger partial charge in [0, 0.05) is 46.3 Å². The lowest BCUT2D eigenvalue weighted by atomic mass is 10.1. The molecule has 1 N–H and O–H groups in total. The molecule has 4 rings (SSSR count). The zero-order valence-corrected chi connectivity index (χ0v) is 21.5. The first-order valence-electron chi connectivity index (χ1n) is 12.3. The molecule has 38 heavy (non-hydrogen) atoms. The van der Waals surface area contributed by atoms with Crippen LogP contribution in [0.4, 0.5) is 24.7 Å². The van der Waals surface area contributed by atoms with Crippen molar-refractivity contribution in [2.24, 2.45) is 7.05 Å². The molecule has 2 aromatic rings. The molecule has 1 fully saturated rings. The minimum atomic E-state index is -5.27. The lowest BCUT2D eigenvalue weighted by molar-refractivity contribution is -0.203. The van der Waals surface area contributed by atoms with Gasteiger partial charge < -0.3 is 15.1 Å². The van der Waals surface area contributed by atoms with Crippen molar-refractivity contribution >= 4 is 17.5 Å². The van der Waals surface area contributed by atoms with Crippen molar-refractivity contribution in [2.45, 2.75) is 39.3 Å². The number of carbonyl (C=O) groups is 1. The lowest BCUT2D eigenvalue weighted by Crippen LogP contribution is -2.61. The minimum absolute atomic E-state index is 0.00355. The molecule has 0 saturated carbocycles. The maximum atomic E-state index is 13.8. The van der Waals surface area contributed by atoms with E-state index in [1.807, 2.05) is 55.2 Å². The van der Waals surface area contributed by atoms with Crippen LogP contribution in [-0.4, -0.2) is 65.2 Å². The fourth-order valence-corrected chi connectivity index (χ4v) is 4.64. The van der Waals surface area contributed by atoms with Gasteiger partial charge in [-0.15, -0.1) is 5.06 Å². The highest BCUT2D eigenvalue weighted by Crippen LogP contribution is 2.38. The molecule has 0 aliphatic carbocycles. The maximum Gasteiger partial charge on any atom is 0.493 e. The SMILES string of the molecule is CC(C)=CCN1c2c(n(C)c(=O)n(CCc3ccccc3)c2=O)N(OC(=O)C(F)(F)F)C1N1CCNCC1. The van der Waals surface area contributed by atoms with Crippen LogP contribution in [0.2, 0.25) is 0 Å². The molecule has 2 aliphatic rings. The van der Waals surface area contributed by atoms with Gasteiger partial charge in [0.25, 0.3) is 5.56 Å². The second kappa shape index (κ2) is 11.0. The van der Waals surface area contributed by atoms with Gasteiger partial charge in [0.05, 0.1) is 0 Å². The molecule has 0 amide bonds. The Hall–Kier alpha value is -3.58. The summed E-state index contributed by atoms with van der Waals surface area (Å²) in [6.07, 6.45) is -4.11. The molecule has 1 atom stereocenters. The van der Waals surface area contributed by atoms with Crippen LogP contribution in [0.15, 0.2) is 51.6 Å². The monoisotopic (exact) mass is 536 g/mol. The number of benzene rings is 1. The molecule has 2 aliphatic heterocycles. The van der Waals surface area contributed by atoms with Crippen LogP contribution in [0.1, 0.15) is 19.4 Å². The van der Waals surface area contributed by atoms with E-state index in [0.717, 1.165) is 25.3 Å². The number of rotatable bonds is 7. The highest BCUT2D eigenvalue weighted by atomic mass is 19.4. The number of nitrogens with zero attached hydrogens (tertiary/aromatic N) is 5. The molecule has 13 heteroatoms. The zero-order valence-electron chi connectivity index (χ0n) is 21.5. The average Bonchev–Trinajstić information content (AvgIpc) is 3.20. The smallest absolute Gasteiger partial charge is 0.327 e. The Kier molecular flexibility index (Phi) is 7.97. The third-order valence-corrected chi connectivity index (χ3v) is 6.53. The number of halogens is 3. The molecular formula is C25H31F3N6O4. The van der Waals surface area contributed by atoms with Gasteiger partial charge in [-0.25, -0.2) is 9.59 Å². The van der Waals surface area contributed by atoms with E-state index < -0.39 is 29.7 Å². The number of hydroxylamine groups is 1. The molecule has 206 valence electrons. The number of hydrogen-bond acceptors (Lipinski definition) is 8. The van der Waals surface area contributed by atoms with E-state index >= 15 is 0 Å². The Balaban J connectivity index is 1.87. The molecule has 1 saturated heterocycles. The Labute approximate surface area is 217 Å². The van der Waals surface area contributed by atoms with E-state index in [1.165, 1.54) is 7.05 Å². The highest BCUT2D eigenvalue weighted by molar-refractivity contribution is 5.80. The van der Waals surface area contributed by atoms with Crippen molar-refractivity contribution < 1.29 is 22.8 Å². The number of allylic oxidation sites excluding steroid dienone is 1. The summed E-state index contributed by atoms with van der Waals surface area (Å²) in [6.45, 7) is 5.86. The van der Waals surface area contributed by atoms with Crippen molar-refractivity contribution in [3.63, 3.8) is 0 Å². The van der Waals surface area contributed by atoms with Crippen LogP contribution in [-0.2, 0) is 29.6 Å². The molecule has 0 radical (unpaired) electrons. The summed E-state index contributed by atoms with van der Waals surface area (Å²) in [7, 11) is 1.35. The van der Waals surface area contributed by atoms with Gasteiger partial charge in [0.15, 0.2) is 17.8 Å². The van der Waals surface area contributed by atoms with E-state index in [-0.39, 0.29) is 24.6 Å². The van der Waals surface area contributed by atoms with E-state index in [1.54, 1.807) is 4.90 Å². The van der Waals surface area contributed by atoms with Gasteiger partial charge in [0.2, 0.25) is 0 Å². The largest absolute Gasteiger partial charge is 0.493 e. The predicted octanol–water partition coefficient (Wildman–Crippen LogP) is 1.59. The van der Waals surface area contributed by atoms with Crippen LogP contribution in [0, 0.1) is 0 Å². The molecule has 1 aromatic carbocycles. The molecule has 0 bridgehead atoms. The summed E-state index contributed by atoms with van der Waals surface area (Å²) in [5, 5.41) is 3.94. The molecule has 1 unspecified atom stereocenters. The van der Waals surface area contributed by atoms with Crippen molar-refractivity contribution in [1.82, 2.24) is 19.4 Å². The normalized spacial score (nSPS) is 17.9. The fourth-order valence-electron chi connectivity index (χ4n) is 4.64. The highest BCUT2D eigenvalue weighted by Gasteiger charge is 2.50. The number of hydrogen-bond donors (Lipinski definition) is 1. The number of nitrogens with one attached hydrogen (secondary N) is 1. The van der Waals surface area contributed by atoms with Gasteiger partial charge in [-0.1, -0.05) is 42.0 Å². The Bertz CT molecular complexity index is 1310. The van der Waals surface area contributed by atoms with Crippen LogP contribution in [0.25, 0.3) is 0 Å². The first kappa shape index (κ1) is 27.5. The van der Waals surface area contributed by atoms with Gasteiger partial charge in [0.1, 0.15) is 0 Å². The molecular weight excluding hydrogens is 505 g/mol. The van der Waals surface area contributed by atoms with E-state index in [0.29, 0.717) is 32.6 Å². The second-order valence-electron chi connectivity index (χ2n) is 9.47. The van der Waals surface area contributed by atoms with Crippen molar-refractivity contribution in [3.8, 4) is 0 Å². The third kappa shape index (κ3) is 5.48. The van der Waals surface area contributed by atoms with Crippen molar-refractivity contribution in [2.75, 3.05) is 42.7 Å². The molecule has 3 heterocycles. The first-order valence-corrected chi connectivity index (χ1v) is 12.3. The minimum Gasteiger partial charge on any atom is -0.327 e. The summed E-state index contributed by atoms with van der Waals surface area (Å²) in [4.78, 5) is 47.5. The van der Waals surface area contributed by atoms with Crippen LogP contribution in [0.5, 0.6) is 0 Å². The van der Waals surface area contributed by atoms with Gasteiger partial charge in [-0.05, 0) is 25.8 Å². The lowest BCUT2D eigenvalue weighted by Gasteiger charge is -2.40. The molecule has 0 spiro atoms. The Morgan fingerprint density at radius 1 is 1.13 bits per heavy atom. The number of aryl methyl sites for hydroxylation is 1. The van der Waals surface area contributed by atoms with Crippen molar-refractivity contribution in [1.29, 1.82) is 0 Å². The Morgan fingerprint density at radius 2 is 1.79 bits per heavy atom. The number of carbonyl (C=O) groups excluding carboxylic acids is 1. The van der Waals surface area contributed by atoms with Gasteiger partial charge in [-0.3, -0.25) is 18.8 Å². The maximum absolute atomic E-state index is 13.8. The number of piperazine rings is 1. The summed E-state index contributed by atoms with van der Waals surface area (Å²) in [5.74, 6) is -2.63. The summed E-state index contributed by atoms with van der Waals surface area (Å²) in [6, 6.07) is 9.32. The predicted molar refractivity (Wildman–Crippen MR) is 136 cm³/mol. The van der Waals surface area contributed by atoms with E-state index in [9.17, 15) is 27.6 Å². The number of fused-ring (bicyclic) bond motifs is 1.